The Morgan fingerprint density at radius 2 is 1.76 bits per heavy atom. The molecule has 0 amide bonds. The maximum absolute atomic E-state index is 12.4. The van der Waals surface area contributed by atoms with E-state index in [0.29, 0.717) is 16.8 Å². The fourth-order valence-corrected chi connectivity index (χ4v) is 3.62. The standard InChI is InChI=1S/C25H21N3O5/c1-32-24(30)16-8-9-18(25(31)33-2)20(13-16)28-21(17-6-3-11-26-14-17)19-10-7-15-5-4-12-27-22(15)23(19)29/h3-14,21,28-29H,1-2H3. The van der Waals surface area contributed by atoms with Crippen molar-refractivity contribution in [2.45, 2.75) is 6.04 Å². The summed E-state index contributed by atoms with van der Waals surface area (Å²) in [7, 11) is 2.56. The van der Waals surface area contributed by atoms with E-state index < -0.39 is 18.0 Å². The number of aromatic nitrogens is 2. The largest absolute Gasteiger partial charge is 0.505 e. The molecule has 166 valence electrons. The van der Waals surface area contributed by atoms with Crippen molar-refractivity contribution in [2.75, 3.05) is 19.5 Å². The van der Waals surface area contributed by atoms with Crippen LogP contribution in [0.5, 0.6) is 5.75 Å². The molecule has 1 atom stereocenters. The average molecular weight is 443 g/mol. The highest BCUT2D eigenvalue weighted by molar-refractivity contribution is 5.99. The fraction of sp³-hybridized carbons (Fsp3) is 0.120. The minimum absolute atomic E-state index is 0.00167. The molecule has 1 unspecified atom stereocenters. The summed E-state index contributed by atoms with van der Waals surface area (Å²) >= 11 is 0. The third-order valence-corrected chi connectivity index (χ3v) is 5.25. The Morgan fingerprint density at radius 1 is 0.970 bits per heavy atom. The van der Waals surface area contributed by atoms with Crippen molar-refractivity contribution in [2.24, 2.45) is 0 Å². The number of anilines is 1. The molecule has 8 nitrogen and oxygen atoms in total. The topological polar surface area (TPSA) is 111 Å². The predicted molar refractivity (Wildman–Crippen MR) is 122 cm³/mol. The van der Waals surface area contributed by atoms with Gasteiger partial charge in [-0.1, -0.05) is 24.3 Å². The van der Waals surface area contributed by atoms with E-state index in [1.54, 1.807) is 36.8 Å². The number of benzene rings is 2. The van der Waals surface area contributed by atoms with E-state index in [4.69, 9.17) is 9.47 Å². The van der Waals surface area contributed by atoms with Gasteiger partial charge in [-0.2, -0.15) is 0 Å². The molecule has 0 radical (unpaired) electrons. The number of methoxy groups -OCH3 is 2. The third-order valence-electron chi connectivity index (χ3n) is 5.25. The van der Waals surface area contributed by atoms with Crippen LogP contribution in [0.3, 0.4) is 0 Å². The monoisotopic (exact) mass is 443 g/mol. The van der Waals surface area contributed by atoms with Gasteiger partial charge in [0.1, 0.15) is 11.3 Å². The van der Waals surface area contributed by atoms with Gasteiger partial charge in [-0.25, -0.2) is 9.59 Å². The lowest BCUT2D eigenvalue weighted by Gasteiger charge is -2.23. The first kappa shape index (κ1) is 21.8. The zero-order valence-corrected chi connectivity index (χ0v) is 18.0. The van der Waals surface area contributed by atoms with Crippen molar-refractivity contribution in [3.8, 4) is 5.75 Å². The molecule has 33 heavy (non-hydrogen) atoms. The van der Waals surface area contributed by atoms with Gasteiger partial charge >= 0.3 is 11.9 Å². The van der Waals surface area contributed by atoms with Gasteiger partial charge in [0, 0.05) is 29.5 Å². The van der Waals surface area contributed by atoms with Gasteiger partial charge in [0.15, 0.2) is 0 Å². The molecule has 0 spiro atoms. The molecule has 2 N–H and O–H groups in total. The zero-order chi connectivity index (χ0) is 23.4. The first-order valence-electron chi connectivity index (χ1n) is 10.1. The molecule has 0 fully saturated rings. The molecule has 4 rings (SSSR count). The first-order valence-corrected chi connectivity index (χ1v) is 10.1. The zero-order valence-electron chi connectivity index (χ0n) is 18.0. The van der Waals surface area contributed by atoms with Crippen molar-refractivity contribution in [3.05, 3.63) is 95.4 Å². The van der Waals surface area contributed by atoms with Crippen molar-refractivity contribution in [1.29, 1.82) is 0 Å². The number of hydrogen-bond donors (Lipinski definition) is 2. The Balaban J connectivity index is 1.88. The molecular weight excluding hydrogens is 422 g/mol. The van der Waals surface area contributed by atoms with E-state index in [2.05, 4.69) is 15.3 Å². The number of carbonyl (C=O) groups is 2. The van der Waals surface area contributed by atoms with Crippen LogP contribution in [0.25, 0.3) is 10.9 Å². The Bertz CT molecular complexity index is 1320. The van der Waals surface area contributed by atoms with Crippen LogP contribution in [0.15, 0.2) is 73.2 Å². The summed E-state index contributed by atoms with van der Waals surface area (Å²) in [5.41, 5.74) is 2.50. The lowest BCUT2D eigenvalue weighted by molar-refractivity contribution is 0.0587. The number of aromatic hydroxyl groups is 1. The second-order valence-electron chi connectivity index (χ2n) is 7.19. The number of carbonyl (C=O) groups excluding carboxylic acids is 2. The summed E-state index contributed by atoms with van der Waals surface area (Å²) in [6, 6.07) is 14.8. The van der Waals surface area contributed by atoms with Crippen LogP contribution in [0.4, 0.5) is 5.69 Å². The number of esters is 2. The molecule has 0 saturated carbocycles. The number of pyridine rings is 2. The molecule has 2 aromatic heterocycles. The van der Waals surface area contributed by atoms with Gasteiger partial charge in [0.2, 0.25) is 0 Å². The van der Waals surface area contributed by atoms with Gasteiger partial charge < -0.3 is 19.9 Å². The molecule has 2 aromatic carbocycles. The maximum atomic E-state index is 12.4. The summed E-state index contributed by atoms with van der Waals surface area (Å²) in [5, 5.41) is 15.1. The number of fused-ring (bicyclic) bond motifs is 1. The second-order valence-corrected chi connectivity index (χ2v) is 7.19. The van der Waals surface area contributed by atoms with Gasteiger partial charge in [-0.05, 0) is 35.9 Å². The van der Waals surface area contributed by atoms with Crippen LogP contribution in [0, 0.1) is 0 Å². The summed E-state index contributed by atoms with van der Waals surface area (Å²) in [4.78, 5) is 33.0. The van der Waals surface area contributed by atoms with E-state index in [1.807, 2.05) is 18.2 Å². The second kappa shape index (κ2) is 9.35. The lowest BCUT2D eigenvalue weighted by atomic mass is 9.96. The SMILES string of the molecule is COC(=O)c1ccc(C(=O)OC)c(NC(c2cccnc2)c2ccc3cccnc3c2O)c1. The molecule has 0 aliphatic heterocycles. The molecule has 2 heterocycles. The molecule has 0 bridgehead atoms. The molecular formula is C25H21N3O5. The highest BCUT2D eigenvalue weighted by Crippen LogP contribution is 2.37. The third kappa shape index (κ3) is 4.31. The normalized spacial score (nSPS) is 11.6. The van der Waals surface area contributed by atoms with Gasteiger partial charge in [-0.3, -0.25) is 9.97 Å². The Morgan fingerprint density at radius 3 is 2.48 bits per heavy atom. The van der Waals surface area contributed by atoms with Crippen LogP contribution < -0.4 is 5.32 Å². The quantitative estimate of drug-likeness (QED) is 0.429. The summed E-state index contributed by atoms with van der Waals surface area (Å²) in [6.07, 6.45) is 4.90. The average Bonchev–Trinajstić information content (AvgIpc) is 2.87. The first-order chi connectivity index (χ1) is 16.0. The number of nitrogens with zero attached hydrogens (tertiary/aromatic N) is 2. The summed E-state index contributed by atoms with van der Waals surface area (Å²) in [6.45, 7) is 0. The minimum atomic E-state index is -0.624. The smallest absolute Gasteiger partial charge is 0.339 e. The Kier molecular flexibility index (Phi) is 6.17. The number of phenolic OH excluding ortho intramolecular Hbond substituents is 1. The van der Waals surface area contributed by atoms with Crippen LogP contribution in [0.1, 0.15) is 37.9 Å². The summed E-state index contributed by atoms with van der Waals surface area (Å²) < 4.78 is 9.73. The van der Waals surface area contributed by atoms with Crippen LogP contribution in [-0.2, 0) is 9.47 Å². The Labute approximate surface area is 189 Å². The molecule has 0 saturated heterocycles. The van der Waals surface area contributed by atoms with E-state index >= 15 is 0 Å². The molecule has 4 aromatic rings. The Hall–Kier alpha value is -4.46. The van der Waals surface area contributed by atoms with Crippen molar-refractivity contribution >= 4 is 28.5 Å². The summed E-state index contributed by atoms with van der Waals surface area (Å²) in [5.74, 6) is -1.13. The van der Waals surface area contributed by atoms with Crippen LogP contribution in [0.2, 0.25) is 0 Å². The number of nitrogens with one attached hydrogen (secondary N) is 1. The molecule has 8 heteroatoms. The van der Waals surface area contributed by atoms with E-state index in [1.165, 1.54) is 32.4 Å². The number of ether oxygens (including phenoxy) is 2. The minimum Gasteiger partial charge on any atom is -0.505 e. The number of hydrogen-bond acceptors (Lipinski definition) is 8. The van der Waals surface area contributed by atoms with Crippen molar-refractivity contribution < 1.29 is 24.2 Å². The number of phenols is 1. The number of rotatable bonds is 6. The van der Waals surface area contributed by atoms with Gasteiger partial charge in [0.05, 0.1) is 37.1 Å². The van der Waals surface area contributed by atoms with Crippen molar-refractivity contribution in [1.82, 2.24) is 9.97 Å². The van der Waals surface area contributed by atoms with Crippen molar-refractivity contribution in [3.63, 3.8) is 0 Å². The lowest BCUT2D eigenvalue weighted by Crippen LogP contribution is -2.17. The highest BCUT2D eigenvalue weighted by atomic mass is 16.5. The predicted octanol–water partition coefficient (Wildman–Crippen LogP) is 4.11. The highest BCUT2D eigenvalue weighted by Gasteiger charge is 2.23. The van der Waals surface area contributed by atoms with Crippen LogP contribution in [-0.4, -0.2) is 41.2 Å². The van der Waals surface area contributed by atoms with E-state index in [9.17, 15) is 14.7 Å². The molecule has 0 aliphatic carbocycles. The van der Waals surface area contributed by atoms with E-state index in [0.717, 1.165) is 10.9 Å². The fourth-order valence-electron chi connectivity index (χ4n) is 3.62. The van der Waals surface area contributed by atoms with Gasteiger partial charge in [-0.15, -0.1) is 0 Å². The van der Waals surface area contributed by atoms with Crippen LogP contribution >= 0.6 is 0 Å². The maximum Gasteiger partial charge on any atom is 0.339 e. The van der Waals surface area contributed by atoms with Gasteiger partial charge in [0.25, 0.3) is 0 Å². The van der Waals surface area contributed by atoms with E-state index in [-0.39, 0.29) is 16.9 Å². The molecule has 0 aliphatic rings.